The molecule has 1 aliphatic heterocycles. The second-order valence-corrected chi connectivity index (χ2v) is 5.05. The van der Waals surface area contributed by atoms with E-state index in [0.29, 0.717) is 19.7 Å². The highest BCUT2D eigenvalue weighted by atomic mass is 16.5. The van der Waals surface area contributed by atoms with Gasteiger partial charge in [0.25, 0.3) is 0 Å². The number of nitrogens with one attached hydrogen (secondary N) is 1. The van der Waals surface area contributed by atoms with Gasteiger partial charge in [-0.05, 0) is 17.5 Å². The van der Waals surface area contributed by atoms with Crippen molar-refractivity contribution in [2.45, 2.75) is 18.9 Å². The summed E-state index contributed by atoms with van der Waals surface area (Å²) in [5.41, 5.74) is 1.69. The summed E-state index contributed by atoms with van der Waals surface area (Å²) in [5.74, 6) is -1.57. The van der Waals surface area contributed by atoms with Crippen molar-refractivity contribution in [3.63, 3.8) is 0 Å². The number of benzene rings is 1. The maximum atomic E-state index is 12.1. The highest BCUT2D eigenvalue weighted by molar-refractivity contribution is 5.80. The van der Waals surface area contributed by atoms with Crippen molar-refractivity contribution in [2.24, 2.45) is 0 Å². The van der Waals surface area contributed by atoms with Crippen molar-refractivity contribution in [3.8, 4) is 0 Å². The largest absolute Gasteiger partial charge is 0.481 e. The highest BCUT2D eigenvalue weighted by Gasteiger charge is 2.32. The molecule has 21 heavy (non-hydrogen) atoms. The Morgan fingerprint density at radius 2 is 2.19 bits per heavy atom. The highest BCUT2D eigenvalue weighted by Crippen LogP contribution is 2.28. The second kappa shape index (κ2) is 7.08. The Labute approximate surface area is 123 Å². The number of aliphatic carboxylic acids is 1. The Morgan fingerprint density at radius 3 is 2.90 bits per heavy atom. The lowest BCUT2D eigenvalue weighted by Gasteiger charge is -2.32. The van der Waals surface area contributed by atoms with Crippen LogP contribution in [-0.2, 0) is 16.1 Å². The zero-order valence-electron chi connectivity index (χ0n) is 12.0. The maximum Gasteiger partial charge on any atom is 0.317 e. The van der Waals surface area contributed by atoms with Crippen molar-refractivity contribution >= 4 is 12.0 Å². The van der Waals surface area contributed by atoms with E-state index in [1.807, 2.05) is 24.3 Å². The van der Waals surface area contributed by atoms with Crippen LogP contribution in [0.4, 0.5) is 4.79 Å². The minimum absolute atomic E-state index is 0.197. The molecule has 0 aromatic heterocycles. The van der Waals surface area contributed by atoms with Crippen LogP contribution in [0.3, 0.4) is 0 Å². The lowest BCUT2D eigenvalue weighted by atomic mass is 9.90. The molecule has 0 aliphatic carbocycles. The topological polar surface area (TPSA) is 78.9 Å². The first-order chi connectivity index (χ1) is 10.1. The number of hydrogen-bond donors (Lipinski definition) is 2. The van der Waals surface area contributed by atoms with E-state index in [4.69, 9.17) is 4.74 Å². The summed E-state index contributed by atoms with van der Waals surface area (Å²) in [7, 11) is 1.61. The average molecular weight is 292 g/mol. The van der Waals surface area contributed by atoms with Crippen LogP contribution in [0.15, 0.2) is 24.3 Å². The molecule has 0 saturated carbocycles. The first kappa shape index (κ1) is 15.3. The molecule has 2 rings (SSSR count). The van der Waals surface area contributed by atoms with Gasteiger partial charge in [0, 0.05) is 33.4 Å². The number of fused-ring (bicyclic) bond motifs is 1. The number of hydrogen-bond acceptors (Lipinski definition) is 3. The van der Waals surface area contributed by atoms with Gasteiger partial charge in [-0.25, -0.2) is 4.79 Å². The summed E-state index contributed by atoms with van der Waals surface area (Å²) in [6, 6.07) is 7.15. The van der Waals surface area contributed by atoms with E-state index in [2.05, 4.69) is 5.32 Å². The summed E-state index contributed by atoms with van der Waals surface area (Å²) in [6.45, 7) is 1.74. The Kier molecular flexibility index (Phi) is 5.16. The van der Waals surface area contributed by atoms with Gasteiger partial charge >= 0.3 is 12.0 Å². The lowest BCUT2D eigenvalue weighted by Crippen LogP contribution is -2.45. The van der Waals surface area contributed by atoms with Gasteiger partial charge in [-0.15, -0.1) is 0 Å². The van der Waals surface area contributed by atoms with Gasteiger partial charge < -0.3 is 20.1 Å². The molecule has 2 amide bonds. The minimum atomic E-state index is -0.903. The Bertz CT molecular complexity index is 518. The van der Waals surface area contributed by atoms with Crippen molar-refractivity contribution in [2.75, 3.05) is 26.8 Å². The zero-order valence-corrected chi connectivity index (χ0v) is 12.0. The van der Waals surface area contributed by atoms with Gasteiger partial charge in [-0.2, -0.15) is 0 Å². The molecule has 1 atom stereocenters. The molecule has 6 nitrogen and oxygen atoms in total. The Morgan fingerprint density at radius 1 is 1.43 bits per heavy atom. The summed E-state index contributed by atoms with van der Waals surface area (Å²) < 4.78 is 4.92. The van der Waals surface area contributed by atoms with Crippen LogP contribution in [0.25, 0.3) is 0 Å². The summed E-state index contributed by atoms with van der Waals surface area (Å²) in [6.07, 6.45) is 0.731. The molecular formula is C15H20N2O4. The molecule has 0 bridgehead atoms. The molecule has 2 N–H and O–H groups in total. The van der Waals surface area contributed by atoms with Crippen LogP contribution >= 0.6 is 0 Å². The molecule has 1 heterocycles. The number of carbonyl (C=O) groups is 2. The van der Waals surface area contributed by atoms with Gasteiger partial charge in [0.2, 0.25) is 0 Å². The quantitative estimate of drug-likeness (QED) is 0.804. The lowest BCUT2D eigenvalue weighted by molar-refractivity contribution is -0.139. The number of rotatable bonds is 5. The maximum absolute atomic E-state index is 12.1. The van der Waals surface area contributed by atoms with Gasteiger partial charge in [-0.3, -0.25) is 4.79 Å². The van der Waals surface area contributed by atoms with Gasteiger partial charge in [0.15, 0.2) is 0 Å². The van der Waals surface area contributed by atoms with Crippen LogP contribution in [0, 0.1) is 0 Å². The van der Waals surface area contributed by atoms with Gasteiger partial charge in [0.1, 0.15) is 0 Å². The van der Waals surface area contributed by atoms with Crippen molar-refractivity contribution < 1.29 is 19.4 Å². The minimum Gasteiger partial charge on any atom is -0.481 e. The molecule has 0 fully saturated rings. The van der Waals surface area contributed by atoms with E-state index in [-0.39, 0.29) is 12.6 Å². The first-order valence-electron chi connectivity index (χ1n) is 6.95. The molecule has 114 valence electrons. The fourth-order valence-corrected chi connectivity index (χ4v) is 2.50. The van der Waals surface area contributed by atoms with Crippen molar-refractivity contribution in [1.29, 1.82) is 0 Å². The van der Waals surface area contributed by atoms with Crippen LogP contribution in [0.1, 0.15) is 23.5 Å². The Balaban J connectivity index is 2.03. The summed E-state index contributed by atoms with van der Waals surface area (Å²) in [4.78, 5) is 25.1. The normalized spacial score (nSPS) is 17.2. The number of carboxylic acids is 1. The molecule has 1 unspecified atom stereocenters. The fourth-order valence-electron chi connectivity index (χ4n) is 2.50. The van der Waals surface area contributed by atoms with Crippen molar-refractivity contribution in [3.05, 3.63) is 35.4 Å². The number of urea groups is 1. The summed E-state index contributed by atoms with van der Waals surface area (Å²) >= 11 is 0. The molecule has 0 saturated heterocycles. The van der Waals surface area contributed by atoms with E-state index in [1.165, 1.54) is 0 Å². The van der Waals surface area contributed by atoms with Crippen molar-refractivity contribution in [1.82, 2.24) is 10.2 Å². The zero-order chi connectivity index (χ0) is 15.2. The number of methoxy groups -OCH3 is 1. The monoisotopic (exact) mass is 292 g/mol. The average Bonchev–Trinajstić information content (AvgIpc) is 2.50. The smallest absolute Gasteiger partial charge is 0.317 e. The standard InChI is InChI=1S/C15H20N2O4/c1-21-8-4-7-16-15(20)17-9-11-5-2-3-6-12(11)13(10-17)14(18)19/h2-3,5-6,13H,4,7-10H2,1H3,(H,16,20)(H,18,19). The number of ether oxygens (including phenoxy) is 1. The molecule has 1 aromatic carbocycles. The fraction of sp³-hybridized carbons (Fsp3) is 0.467. The summed E-state index contributed by atoms with van der Waals surface area (Å²) in [5, 5.41) is 12.1. The van der Waals surface area contributed by atoms with Crippen LogP contribution in [0.2, 0.25) is 0 Å². The number of carbonyl (C=O) groups excluding carboxylic acids is 1. The van der Waals surface area contributed by atoms with Crippen LogP contribution in [0.5, 0.6) is 0 Å². The van der Waals surface area contributed by atoms with E-state index >= 15 is 0 Å². The van der Waals surface area contributed by atoms with Gasteiger partial charge in [-0.1, -0.05) is 24.3 Å². The van der Waals surface area contributed by atoms with E-state index in [9.17, 15) is 14.7 Å². The molecule has 1 aliphatic rings. The second-order valence-electron chi connectivity index (χ2n) is 5.05. The van der Waals surface area contributed by atoms with E-state index < -0.39 is 11.9 Å². The molecule has 0 radical (unpaired) electrons. The SMILES string of the molecule is COCCCNC(=O)N1Cc2ccccc2C(C(=O)O)C1. The van der Waals surface area contributed by atoms with E-state index in [1.54, 1.807) is 12.0 Å². The molecule has 6 heteroatoms. The molecule has 0 spiro atoms. The third-order valence-electron chi connectivity index (χ3n) is 3.58. The predicted octanol–water partition coefficient (Wildman–Crippen LogP) is 1.42. The third-order valence-corrected chi connectivity index (χ3v) is 3.58. The number of amides is 2. The molecular weight excluding hydrogens is 272 g/mol. The van der Waals surface area contributed by atoms with Crippen LogP contribution < -0.4 is 5.32 Å². The first-order valence-corrected chi connectivity index (χ1v) is 6.95. The van der Waals surface area contributed by atoms with E-state index in [0.717, 1.165) is 17.5 Å². The third kappa shape index (κ3) is 3.72. The number of nitrogens with zero attached hydrogens (tertiary/aromatic N) is 1. The van der Waals surface area contributed by atoms with Crippen LogP contribution in [-0.4, -0.2) is 48.8 Å². The Hall–Kier alpha value is -2.08. The van der Waals surface area contributed by atoms with Gasteiger partial charge in [0.05, 0.1) is 5.92 Å². The molecule has 1 aromatic rings. The number of carboxylic acid groups (broad SMARTS) is 1. The predicted molar refractivity (Wildman–Crippen MR) is 77.1 cm³/mol.